The monoisotopic (exact) mass is 488 g/mol. The largest absolute Gasteiger partial charge is 0.310 e. The number of nitrogens with zero attached hydrogens (tertiary/aromatic N) is 2. The van der Waals surface area contributed by atoms with E-state index in [4.69, 9.17) is 0 Å². The molecule has 2 nitrogen and oxygen atoms in total. The summed E-state index contributed by atoms with van der Waals surface area (Å²) < 4.78 is 5.10. The number of fused-ring (bicyclic) bond motifs is 11. The van der Waals surface area contributed by atoms with Crippen LogP contribution in [0.4, 0.5) is 0 Å². The van der Waals surface area contributed by atoms with Crippen LogP contribution >= 0.6 is 0 Å². The van der Waals surface area contributed by atoms with Crippen molar-refractivity contribution in [2.24, 2.45) is 0 Å². The normalized spacial score (nSPS) is 13.8. The van der Waals surface area contributed by atoms with E-state index in [0.717, 1.165) is 0 Å². The zero-order chi connectivity index (χ0) is 24.6. The molecule has 37 heavy (non-hydrogen) atoms. The minimum atomic E-state index is -1.56. The second kappa shape index (κ2) is 6.45. The first-order chi connectivity index (χ1) is 18.0. The summed E-state index contributed by atoms with van der Waals surface area (Å²) in [7, 11) is -1.56. The quantitative estimate of drug-likeness (QED) is 0.268. The maximum absolute atomic E-state index is 2.57. The molecule has 0 N–H and O–H groups in total. The summed E-state index contributed by atoms with van der Waals surface area (Å²) in [6, 6.07) is 36.8. The number of benzene rings is 5. The average molecular weight is 488 g/mol. The molecule has 0 unspecified atom stereocenters. The van der Waals surface area contributed by atoms with Crippen LogP contribution < -0.4 is 21.6 Å². The lowest BCUT2D eigenvalue weighted by atomic mass is 9.34. The van der Waals surface area contributed by atoms with Gasteiger partial charge in [0.2, 0.25) is 0 Å². The van der Waals surface area contributed by atoms with Crippen molar-refractivity contribution >= 4 is 80.0 Å². The van der Waals surface area contributed by atoms with Gasteiger partial charge in [0, 0.05) is 38.4 Å². The van der Waals surface area contributed by atoms with Gasteiger partial charge in [-0.1, -0.05) is 97.6 Å². The molecule has 9 rings (SSSR count). The second-order valence-corrected chi connectivity index (χ2v) is 16.9. The van der Waals surface area contributed by atoms with Gasteiger partial charge >= 0.3 is 0 Å². The van der Waals surface area contributed by atoms with Crippen molar-refractivity contribution in [3.63, 3.8) is 0 Å². The van der Waals surface area contributed by atoms with E-state index in [2.05, 4.69) is 126 Å². The van der Waals surface area contributed by atoms with Crippen LogP contribution in [-0.4, -0.2) is 23.9 Å². The zero-order valence-electron chi connectivity index (χ0n) is 21.2. The van der Waals surface area contributed by atoms with E-state index in [9.17, 15) is 0 Å². The number of hydrogen-bond donors (Lipinski definition) is 0. The maximum atomic E-state index is 2.57. The molecule has 0 fully saturated rings. The SMILES string of the molecule is C[Si](C)(C)c1cc2c3c(c1)c1ccccc1n3-c1ccc3c4ccccc4n4c3c1B2c1ccccc1-4. The Labute approximate surface area is 216 Å². The predicted octanol–water partition coefficient (Wildman–Crippen LogP) is 5.57. The lowest BCUT2D eigenvalue weighted by Crippen LogP contribution is -2.60. The molecule has 4 heterocycles. The van der Waals surface area contributed by atoms with E-state index in [1.807, 2.05) is 0 Å². The molecular weight excluding hydrogens is 463 g/mol. The molecule has 2 aliphatic rings. The topological polar surface area (TPSA) is 9.86 Å². The molecule has 5 aromatic carbocycles. The summed E-state index contributed by atoms with van der Waals surface area (Å²) in [6.45, 7) is 7.65. The third kappa shape index (κ3) is 2.29. The Morgan fingerprint density at radius 1 is 0.541 bits per heavy atom. The Bertz CT molecular complexity index is 2140. The third-order valence-electron chi connectivity index (χ3n) is 8.85. The molecule has 0 atom stereocenters. The lowest BCUT2D eigenvalue weighted by molar-refractivity contribution is 1.16. The van der Waals surface area contributed by atoms with Crippen molar-refractivity contribution in [3.05, 3.63) is 97.1 Å². The molecule has 0 spiro atoms. The van der Waals surface area contributed by atoms with Crippen LogP contribution in [0.15, 0.2) is 97.1 Å². The Balaban J connectivity index is 1.59. The Morgan fingerprint density at radius 2 is 1.19 bits per heavy atom. The van der Waals surface area contributed by atoms with Crippen molar-refractivity contribution in [1.29, 1.82) is 0 Å². The Hall–Kier alpha value is -4.02. The average Bonchev–Trinajstić information content (AvgIpc) is 3.43. The summed E-state index contributed by atoms with van der Waals surface area (Å²) in [5, 5.41) is 6.99. The van der Waals surface area contributed by atoms with E-state index in [1.165, 1.54) is 76.6 Å². The first-order valence-corrected chi connectivity index (χ1v) is 16.8. The summed E-state index contributed by atoms with van der Waals surface area (Å²) in [6.07, 6.45) is 0. The van der Waals surface area contributed by atoms with Crippen molar-refractivity contribution in [2.45, 2.75) is 19.6 Å². The molecule has 7 aromatic rings. The van der Waals surface area contributed by atoms with Crippen LogP contribution in [0.2, 0.25) is 19.6 Å². The Morgan fingerprint density at radius 3 is 1.95 bits per heavy atom. The van der Waals surface area contributed by atoms with Crippen LogP contribution in [0.25, 0.3) is 55.0 Å². The van der Waals surface area contributed by atoms with E-state index >= 15 is 0 Å². The van der Waals surface area contributed by atoms with Crippen LogP contribution in [0.1, 0.15) is 0 Å². The van der Waals surface area contributed by atoms with Gasteiger partial charge in [0.25, 0.3) is 6.71 Å². The minimum absolute atomic E-state index is 0.224. The molecule has 0 radical (unpaired) electrons. The van der Waals surface area contributed by atoms with Gasteiger partial charge in [-0.2, -0.15) is 0 Å². The molecule has 174 valence electrons. The van der Waals surface area contributed by atoms with Gasteiger partial charge in [-0.05, 0) is 40.7 Å². The number of rotatable bonds is 1. The van der Waals surface area contributed by atoms with Gasteiger partial charge in [0.15, 0.2) is 0 Å². The highest BCUT2D eigenvalue weighted by molar-refractivity contribution is 7.01. The van der Waals surface area contributed by atoms with E-state index in [1.54, 1.807) is 0 Å². The Kier molecular flexibility index (Phi) is 3.50. The van der Waals surface area contributed by atoms with Crippen molar-refractivity contribution in [1.82, 2.24) is 9.13 Å². The second-order valence-electron chi connectivity index (χ2n) is 11.8. The van der Waals surface area contributed by atoms with E-state index < -0.39 is 8.07 Å². The van der Waals surface area contributed by atoms with Gasteiger partial charge in [0.1, 0.15) is 0 Å². The van der Waals surface area contributed by atoms with Crippen molar-refractivity contribution in [2.75, 3.05) is 0 Å². The van der Waals surface area contributed by atoms with Gasteiger partial charge in [-0.3, -0.25) is 0 Å². The molecular formula is C33H25BN2Si. The number of hydrogen-bond acceptors (Lipinski definition) is 0. The van der Waals surface area contributed by atoms with Crippen LogP contribution in [0.5, 0.6) is 0 Å². The summed E-state index contributed by atoms with van der Waals surface area (Å²) in [4.78, 5) is 0. The molecule has 0 bridgehead atoms. The fourth-order valence-corrected chi connectivity index (χ4v) is 8.41. The standard InChI is InChI=1S/C33H25BN2Si/c1-37(2,3)20-18-24-22-11-5-8-14-28(22)36-30-17-16-23-21-10-4-7-13-27(21)35-29-15-9-6-12-25(29)34(31(30)33(23)35)26(19-20)32(24)36/h4-19H,1-3H3. The number of aromatic nitrogens is 2. The van der Waals surface area contributed by atoms with E-state index in [0.29, 0.717) is 0 Å². The highest BCUT2D eigenvalue weighted by atomic mass is 28.3. The van der Waals surface area contributed by atoms with Crippen molar-refractivity contribution in [3.8, 4) is 11.4 Å². The molecule has 0 amide bonds. The highest BCUT2D eigenvalue weighted by Crippen LogP contribution is 2.39. The molecule has 4 heteroatoms. The summed E-state index contributed by atoms with van der Waals surface area (Å²) >= 11 is 0. The molecule has 2 aromatic heterocycles. The van der Waals surface area contributed by atoms with Gasteiger partial charge in [0.05, 0.1) is 24.6 Å². The first kappa shape index (κ1) is 20.1. The highest BCUT2D eigenvalue weighted by Gasteiger charge is 2.41. The minimum Gasteiger partial charge on any atom is -0.310 e. The summed E-state index contributed by atoms with van der Waals surface area (Å²) in [5.41, 5.74) is 12.3. The number of para-hydroxylation sites is 3. The zero-order valence-corrected chi connectivity index (χ0v) is 22.2. The maximum Gasteiger partial charge on any atom is 0.252 e. The molecule has 2 aliphatic heterocycles. The van der Waals surface area contributed by atoms with Crippen LogP contribution in [-0.2, 0) is 0 Å². The smallest absolute Gasteiger partial charge is 0.252 e. The van der Waals surface area contributed by atoms with Gasteiger partial charge in [-0.15, -0.1) is 0 Å². The molecule has 0 saturated heterocycles. The fraction of sp³-hybridized carbons (Fsp3) is 0.0909. The fourth-order valence-electron chi connectivity index (χ4n) is 7.25. The van der Waals surface area contributed by atoms with Gasteiger partial charge < -0.3 is 9.13 Å². The van der Waals surface area contributed by atoms with Crippen LogP contribution in [0.3, 0.4) is 0 Å². The van der Waals surface area contributed by atoms with Crippen molar-refractivity contribution < 1.29 is 0 Å². The molecule has 0 aliphatic carbocycles. The summed E-state index contributed by atoms with van der Waals surface area (Å²) in [5.74, 6) is 0. The first-order valence-electron chi connectivity index (χ1n) is 13.3. The van der Waals surface area contributed by atoms with Crippen LogP contribution in [0, 0.1) is 0 Å². The third-order valence-corrected chi connectivity index (χ3v) is 10.9. The predicted molar refractivity (Wildman–Crippen MR) is 163 cm³/mol. The van der Waals surface area contributed by atoms with Gasteiger partial charge in [-0.25, -0.2) is 0 Å². The molecule has 0 saturated carbocycles. The lowest BCUT2D eigenvalue weighted by Gasteiger charge is -2.34. The van der Waals surface area contributed by atoms with E-state index in [-0.39, 0.29) is 6.71 Å².